The number of fused-ring (bicyclic) bond motifs is 1. The van der Waals surface area contributed by atoms with E-state index in [1.165, 1.54) is 10.6 Å². The van der Waals surface area contributed by atoms with E-state index in [4.69, 9.17) is 10.6 Å². The van der Waals surface area contributed by atoms with Crippen LogP contribution in [0.4, 0.5) is 0 Å². The van der Waals surface area contributed by atoms with Crippen molar-refractivity contribution in [3.63, 3.8) is 0 Å². The van der Waals surface area contributed by atoms with E-state index in [9.17, 15) is 4.79 Å². The molecule has 140 valence electrons. The third-order valence-electron chi connectivity index (χ3n) is 5.31. The summed E-state index contributed by atoms with van der Waals surface area (Å²) >= 11 is 0. The first-order valence-corrected chi connectivity index (χ1v) is 9.50. The van der Waals surface area contributed by atoms with Crippen LogP contribution in [0.5, 0.6) is 0 Å². The van der Waals surface area contributed by atoms with E-state index in [0.29, 0.717) is 0 Å². The largest absolute Gasteiger partial charge is 0.273 e. The SMILES string of the molecule is [N-]=[N+]=NCC(=O)N1N=C2/C(=C\c3ccccc3)CCC[C@H]2[C@H]1c1ccccc1. The first-order chi connectivity index (χ1) is 13.8. The molecule has 28 heavy (non-hydrogen) atoms. The summed E-state index contributed by atoms with van der Waals surface area (Å²) in [5.74, 6) is -0.117. The molecule has 0 aromatic heterocycles. The van der Waals surface area contributed by atoms with Crippen molar-refractivity contribution in [3.8, 4) is 0 Å². The molecular weight excluding hydrogens is 350 g/mol. The second-order valence-corrected chi connectivity index (χ2v) is 7.05. The molecule has 2 atom stereocenters. The molecule has 2 aromatic rings. The summed E-state index contributed by atoms with van der Waals surface area (Å²) in [7, 11) is 0. The van der Waals surface area contributed by atoms with Crippen molar-refractivity contribution in [3.05, 3.63) is 87.8 Å². The zero-order chi connectivity index (χ0) is 19.3. The Morgan fingerprint density at radius 3 is 2.61 bits per heavy atom. The Morgan fingerprint density at radius 2 is 1.89 bits per heavy atom. The van der Waals surface area contributed by atoms with Crippen molar-refractivity contribution in [2.24, 2.45) is 16.1 Å². The number of nitrogens with zero attached hydrogens (tertiary/aromatic N) is 5. The third kappa shape index (κ3) is 3.55. The second-order valence-electron chi connectivity index (χ2n) is 7.05. The Balaban J connectivity index is 1.74. The van der Waals surface area contributed by atoms with E-state index in [0.717, 1.165) is 36.1 Å². The van der Waals surface area contributed by atoms with Crippen molar-refractivity contribution < 1.29 is 4.79 Å². The Morgan fingerprint density at radius 1 is 1.18 bits per heavy atom. The van der Waals surface area contributed by atoms with Crippen LogP contribution in [-0.4, -0.2) is 23.2 Å². The maximum Gasteiger partial charge on any atom is 0.249 e. The van der Waals surface area contributed by atoms with E-state index in [1.54, 1.807) is 0 Å². The van der Waals surface area contributed by atoms with Crippen LogP contribution in [0.2, 0.25) is 0 Å². The van der Waals surface area contributed by atoms with Crippen LogP contribution < -0.4 is 0 Å². The molecule has 0 spiro atoms. The summed E-state index contributed by atoms with van der Waals surface area (Å²) in [5, 5.41) is 9.74. The Labute approximate surface area is 163 Å². The van der Waals surface area contributed by atoms with Crippen LogP contribution in [0.3, 0.4) is 0 Å². The first kappa shape index (κ1) is 18.0. The second kappa shape index (κ2) is 8.11. The Kier molecular flexibility index (Phi) is 5.22. The van der Waals surface area contributed by atoms with Crippen molar-refractivity contribution in [2.75, 3.05) is 6.54 Å². The van der Waals surface area contributed by atoms with Gasteiger partial charge in [-0.05, 0) is 47.6 Å². The number of carbonyl (C=O) groups excluding carboxylic acids is 1. The highest BCUT2D eigenvalue weighted by atomic mass is 16.2. The lowest BCUT2D eigenvalue weighted by atomic mass is 9.77. The molecule has 0 N–H and O–H groups in total. The normalized spacial score (nSPS) is 22.4. The minimum absolute atomic E-state index is 0.154. The summed E-state index contributed by atoms with van der Waals surface area (Å²) in [4.78, 5) is 15.5. The molecule has 1 amide bonds. The Bertz CT molecular complexity index is 961. The highest BCUT2D eigenvalue weighted by Gasteiger charge is 2.43. The van der Waals surface area contributed by atoms with E-state index >= 15 is 0 Å². The van der Waals surface area contributed by atoms with Crippen LogP contribution in [0.25, 0.3) is 16.5 Å². The van der Waals surface area contributed by atoms with E-state index in [2.05, 4.69) is 28.2 Å². The molecule has 1 aliphatic heterocycles. The topological polar surface area (TPSA) is 81.4 Å². The van der Waals surface area contributed by atoms with Gasteiger partial charge in [0.15, 0.2) is 0 Å². The van der Waals surface area contributed by atoms with Gasteiger partial charge in [-0.1, -0.05) is 65.8 Å². The highest BCUT2D eigenvalue weighted by molar-refractivity contribution is 6.08. The molecule has 0 radical (unpaired) electrons. The minimum atomic E-state index is -0.271. The fourth-order valence-electron chi connectivity index (χ4n) is 4.11. The van der Waals surface area contributed by atoms with Crippen molar-refractivity contribution in [2.45, 2.75) is 25.3 Å². The number of carbonyl (C=O) groups is 1. The highest BCUT2D eigenvalue weighted by Crippen LogP contribution is 2.44. The molecule has 1 heterocycles. The van der Waals surface area contributed by atoms with Gasteiger partial charge in [0.2, 0.25) is 5.91 Å². The predicted molar refractivity (Wildman–Crippen MR) is 109 cm³/mol. The Hall–Kier alpha value is -3.37. The number of hydrazone groups is 1. The molecule has 1 saturated carbocycles. The van der Waals surface area contributed by atoms with Crippen molar-refractivity contribution in [1.82, 2.24) is 5.01 Å². The smallest absolute Gasteiger partial charge is 0.249 e. The molecule has 6 nitrogen and oxygen atoms in total. The summed E-state index contributed by atoms with van der Waals surface area (Å²) in [5.41, 5.74) is 13.0. The molecule has 0 saturated heterocycles. The van der Waals surface area contributed by atoms with Crippen LogP contribution >= 0.6 is 0 Å². The summed E-state index contributed by atoms with van der Waals surface area (Å²) in [6.07, 6.45) is 5.17. The minimum Gasteiger partial charge on any atom is -0.273 e. The lowest BCUT2D eigenvalue weighted by Crippen LogP contribution is -2.33. The van der Waals surface area contributed by atoms with Gasteiger partial charge in [-0.2, -0.15) is 5.10 Å². The molecule has 2 aromatic carbocycles. The summed E-state index contributed by atoms with van der Waals surface area (Å²) in [6, 6.07) is 20.0. The fourth-order valence-corrected chi connectivity index (χ4v) is 4.11. The molecular formula is C22H21N5O. The van der Waals surface area contributed by atoms with Crippen LogP contribution in [0.15, 0.2) is 76.5 Å². The number of benzene rings is 2. The standard InChI is InChI=1S/C22H21N5O/c23-26-24-15-20(28)27-22(17-10-5-2-6-11-17)19-13-7-12-18(21(19)25-27)14-16-8-3-1-4-9-16/h1-6,8-11,14,19,22H,7,12-13,15H2/b18-14-/t19-,22-/m1/s1. The zero-order valence-corrected chi connectivity index (χ0v) is 15.5. The van der Waals surface area contributed by atoms with Gasteiger partial charge in [-0.25, -0.2) is 5.01 Å². The molecule has 1 fully saturated rings. The van der Waals surface area contributed by atoms with E-state index in [-0.39, 0.29) is 24.4 Å². The van der Waals surface area contributed by atoms with Gasteiger partial charge in [-0.15, -0.1) is 0 Å². The van der Waals surface area contributed by atoms with Gasteiger partial charge in [0.05, 0.1) is 11.8 Å². The molecule has 0 bridgehead atoms. The lowest BCUT2D eigenvalue weighted by Gasteiger charge is -2.29. The number of allylic oxidation sites excluding steroid dienone is 1. The van der Waals surface area contributed by atoms with Crippen molar-refractivity contribution >= 4 is 17.7 Å². The van der Waals surface area contributed by atoms with Gasteiger partial charge in [-0.3, -0.25) is 4.79 Å². The molecule has 0 unspecified atom stereocenters. The number of amides is 1. The number of hydrogen-bond acceptors (Lipinski definition) is 3. The van der Waals surface area contributed by atoms with Crippen LogP contribution in [0.1, 0.15) is 36.4 Å². The van der Waals surface area contributed by atoms with Gasteiger partial charge >= 0.3 is 0 Å². The van der Waals surface area contributed by atoms with Gasteiger partial charge in [0.1, 0.15) is 6.54 Å². The average molecular weight is 371 g/mol. The number of rotatable bonds is 4. The predicted octanol–water partition coefficient (Wildman–Crippen LogP) is 5.12. The average Bonchev–Trinajstić information content (AvgIpc) is 3.14. The maximum absolute atomic E-state index is 12.7. The fraction of sp³-hybridized carbons (Fsp3) is 0.273. The lowest BCUT2D eigenvalue weighted by molar-refractivity contribution is -0.132. The van der Waals surface area contributed by atoms with E-state index < -0.39 is 0 Å². The molecule has 2 aliphatic rings. The monoisotopic (exact) mass is 371 g/mol. The maximum atomic E-state index is 12.7. The molecule has 4 rings (SSSR count). The number of azide groups is 1. The zero-order valence-electron chi connectivity index (χ0n) is 15.5. The molecule has 6 heteroatoms. The van der Waals surface area contributed by atoms with Gasteiger partial charge < -0.3 is 0 Å². The van der Waals surface area contributed by atoms with Crippen LogP contribution in [0, 0.1) is 5.92 Å². The third-order valence-corrected chi connectivity index (χ3v) is 5.31. The summed E-state index contributed by atoms with van der Waals surface area (Å²) in [6.45, 7) is -0.221. The van der Waals surface area contributed by atoms with Gasteiger partial charge in [0, 0.05) is 10.8 Å². The van der Waals surface area contributed by atoms with Crippen molar-refractivity contribution in [1.29, 1.82) is 0 Å². The quantitative estimate of drug-likeness (QED) is 0.417. The first-order valence-electron chi connectivity index (χ1n) is 9.50. The molecule has 1 aliphatic carbocycles. The van der Waals surface area contributed by atoms with E-state index in [1.807, 2.05) is 48.5 Å². The van der Waals surface area contributed by atoms with Crippen LogP contribution in [-0.2, 0) is 4.79 Å². The number of hydrogen-bond donors (Lipinski definition) is 0. The van der Waals surface area contributed by atoms with Gasteiger partial charge in [0.25, 0.3) is 0 Å². The summed E-state index contributed by atoms with van der Waals surface area (Å²) < 4.78 is 0.